The first-order valence-corrected chi connectivity index (χ1v) is 9.15. The Labute approximate surface area is 164 Å². The van der Waals surface area contributed by atoms with Crippen LogP contribution in [-0.4, -0.2) is 9.97 Å². The summed E-state index contributed by atoms with van der Waals surface area (Å²) in [6, 6.07) is 16.6. The first-order valence-electron chi connectivity index (χ1n) is 8.16. The van der Waals surface area contributed by atoms with Crippen molar-refractivity contribution in [3.63, 3.8) is 0 Å². The normalized spacial score (nSPS) is 11.1. The quantitative estimate of drug-likeness (QED) is 0.402. The van der Waals surface area contributed by atoms with Gasteiger partial charge in [-0.2, -0.15) is 23.4 Å². The van der Waals surface area contributed by atoms with E-state index in [4.69, 9.17) is 10.00 Å². The molecule has 0 aliphatic rings. The maximum atomic E-state index is 13.2. The number of alkyl halides is 3. The number of halogens is 3. The highest BCUT2D eigenvalue weighted by Crippen LogP contribution is 2.33. The average molecular weight is 401 g/mol. The molecule has 0 N–H and O–H groups in total. The maximum Gasteiger partial charge on any atom is 0.433 e. The number of thioether (sulfide) groups is 1. The molecule has 8 heteroatoms. The van der Waals surface area contributed by atoms with Gasteiger partial charge in [-0.3, -0.25) is 0 Å². The van der Waals surface area contributed by atoms with Gasteiger partial charge in [0.25, 0.3) is 0 Å². The van der Waals surface area contributed by atoms with Crippen LogP contribution in [0, 0.1) is 18.3 Å². The lowest BCUT2D eigenvalue weighted by molar-refractivity contribution is -0.141. The molecule has 0 spiro atoms. The highest BCUT2D eigenvalue weighted by Gasteiger charge is 2.34. The topological polar surface area (TPSA) is 58.8 Å². The summed E-state index contributed by atoms with van der Waals surface area (Å²) in [6.07, 6.45) is -4.62. The predicted octanol–water partition coefficient (Wildman–Crippen LogP) is 5.76. The summed E-state index contributed by atoms with van der Waals surface area (Å²) in [5, 5.41) is 8.89. The largest absolute Gasteiger partial charge is 0.439 e. The smallest absolute Gasteiger partial charge is 0.433 e. The third-order valence-electron chi connectivity index (χ3n) is 3.61. The van der Waals surface area contributed by atoms with Crippen molar-refractivity contribution in [1.29, 1.82) is 5.26 Å². The molecule has 0 amide bonds. The fourth-order valence-electron chi connectivity index (χ4n) is 2.34. The van der Waals surface area contributed by atoms with E-state index in [2.05, 4.69) is 9.97 Å². The Morgan fingerprint density at radius 3 is 2.57 bits per heavy atom. The Bertz CT molecular complexity index is 1030. The predicted molar refractivity (Wildman–Crippen MR) is 99.0 cm³/mol. The van der Waals surface area contributed by atoms with Crippen molar-refractivity contribution in [2.45, 2.75) is 24.0 Å². The van der Waals surface area contributed by atoms with E-state index in [0.717, 1.165) is 29.0 Å². The van der Waals surface area contributed by atoms with Gasteiger partial charge in [-0.1, -0.05) is 36.0 Å². The monoisotopic (exact) mass is 401 g/mol. The van der Waals surface area contributed by atoms with Crippen molar-refractivity contribution in [1.82, 2.24) is 9.97 Å². The van der Waals surface area contributed by atoms with E-state index in [1.54, 1.807) is 42.5 Å². The highest BCUT2D eigenvalue weighted by molar-refractivity contribution is 7.98. The van der Waals surface area contributed by atoms with Gasteiger partial charge in [0, 0.05) is 11.8 Å². The summed E-state index contributed by atoms with van der Waals surface area (Å²) in [4.78, 5) is 7.70. The van der Waals surface area contributed by atoms with Crippen molar-refractivity contribution in [2.24, 2.45) is 0 Å². The van der Waals surface area contributed by atoms with Crippen LogP contribution in [0.5, 0.6) is 11.6 Å². The van der Waals surface area contributed by atoms with Gasteiger partial charge in [0.1, 0.15) is 5.75 Å². The molecule has 0 saturated heterocycles. The van der Waals surface area contributed by atoms with E-state index in [0.29, 0.717) is 17.1 Å². The van der Waals surface area contributed by atoms with Gasteiger partial charge in [0.15, 0.2) is 10.9 Å². The van der Waals surface area contributed by atoms with Crippen LogP contribution in [0.3, 0.4) is 0 Å². The number of aromatic nitrogens is 2. The number of ether oxygens (including phenoxy) is 1. The van der Waals surface area contributed by atoms with E-state index in [9.17, 15) is 13.2 Å². The third kappa shape index (κ3) is 5.24. The number of hydrogen-bond donors (Lipinski definition) is 0. The maximum absolute atomic E-state index is 13.2. The lowest BCUT2D eigenvalue weighted by atomic mass is 10.2. The van der Waals surface area contributed by atoms with Gasteiger partial charge in [-0.15, -0.1) is 0 Å². The summed E-state index contributed by atoms with van der Waals surface area (Å²) in [6.45, 7) is 1.85. The molecule has 0 atom stereocenters. The molecule has 2 aromatic carbocycles. The van der Waals surface area contributed by atoms with Gasteiger partial charge in [-0.05, 0) is 42.3 Å². The molecule has 0 saturated carbocycles. The zero-order chi connectivity index (χ0) is 20.1. The minimum Gasteiger partial charge on any atom is -0.439 e. The Morgan fingerprint density at radius 1 is 1.07 bits per heavy atom. The second kappa shape index (κ2) is 8.31. The van der Waals surface area contributed by atoms with Crippen molar-refractivity contribution < 1.29 is 17.9 Å². The molecule has 1 heterocycles. The Hall–Kier alpha value is -3.05. The van der Waals surface area contributed by atoms with Gasteiger partial charge < -0.3 is 4.74 Å². The Kier molecular flexibility index (Phi) is 5.85. The minimum atomic E-state index is -4.62. The second-order valence-corrected chi connectivity index (χ2v) is 6.83. The molecule has 0 aliphatic heterocycles. The molecule has 1 aromatic heterocycles. The van der Waals surface area contributed by atoms with Gasteiger partial charge in [0.05, 0.1) is 11.6 Å². The molecule has 0 fully saturated rings. The number of nitrogens with zero attached hydrogens (tertiary/aromatic N) is 3. The fourth-order valence-corrected chi connectivity index (χ4v) is 3.14. The molecule has 3 rings (SSSR count). The number of aryl methyl sites for hydroxylation is 1. The molecule has 28 heavy (non-hydrogen) atoms. The summed E-state index contributed by atoms with van der Waals surface area (Å²) in [7, 11) is 0. The second-order valence-electron chi connectivity index (χ2n) is 5.89. The number of rotatable bonds is 5. The summed E-state index contributed by atoms with van der Waals surface area (Å²) < 4.78 is 45.2. The number of hydrogen-bond acceptors (Lipinski definition) is 5. The van der Waals surface area contributed by atoms with Crippen LogP contribution in [0.2, 0.25) is 0 Å². The lowest BCUT2D eigenvalue weighted by Gasteiger charge is -2.11. The molecule has 0 bridgehead atoms. The van der Waals surface area contributed by atoms with E-state index >= 15 is 0 Å². The van der Waals surface area contributed by atoms with Crippen LogP contribution in [0.4, 0.5) is 13.2 Å². The van der Waals surface area contributed by atoms with Crippen LogP contribution in [0.1, 0.15) is 22.4 Å². The molecule has 0 unspecified atom stereocenters. The average Bonchev–Trinajstić information content (AvgIpc) is 2.66. The molecule has 0 radical (unpaired) electrons. The SMILES string of the molecule is Cc1cccc(Oc2cc(C(F)(F)F)nc(SCc3cccc(C#N)c3)n2)c1. The number of benzene rings is 2. The summed E-state index contributed by atoms with van der Waals surface area (Å²) in [5.74, 6) is 0.534. The van der Waals surface area contributed by atoms with E-state index in [-0.39, 0.29) is 11.0 Å². The van der Waals surface area contributed by atoms with Gasteiger partial charge in [0.2, 0.25) is 5.88 Å². The summed E-state index contributed by atoms with van der Waals surface area (Å²) in [5.41, 5.74) is 1.10. The van der Waals surface area contributed by atoms with E-state index in [1.807, 2.05) is 19.1 Å². The third-order valence-corrected chi connectivity index (χ3v) is 4.53. The van der Waals surface area contributed by atoms with Crippen molar-refractivity contribution in [3.8, 4) is 17.7 Å². The highest BCUT2D eigenvalue weighted by atomic mass is 32.2. The molecular weight excluding hydrogens is 387 g/mol. The molecule has 142 valence electrons. The molecular formula is C20H14F3N3OS. The molecule has 3 aromatic rings. The fraction of sp³-hybridized carbons (Fsp3) is 0.150. The molecule has 4 nitrogen and oxygen atoms in total. The Balaban J connectivity index is 1.86. The van der Waals surface area contributed by atoms with Gasteiger partial charge >= 0.3 is 6.18 Å². The Morgan fingerprint density at radius 2 is 1.86 bits per heavy atom. The van der Waals surface area contributed by atoms with E-state index in [1.165, 1.54) is 0 Å². The van der Waals surface area contributed by atoms with Crippen LogP contribution in [0.15, 0.2) is 59.8 Å². The minimum absolute atomic E-state index is 0.0557. The van der Waals surface area contributed by atoms with Crippen LogP contribution in [0.25, 0.3) is 0 Å². The lowest BCUT2D eigenvalue weighted by Crippen LogP contribution is -2.10. The zero-order valence-electron chi connectivity index (χ0n) is 14.7. The van der Waals surface area contributed by atoms with Crippen LogP contribution < -0.4 is 4.74 Å². The van der Waals surface area contributed by atoms with Crippen molar-refractivity contribution >= 4 is 11.8 Å². The standard InChI is InChI=1S/C20H14F3N3OS/c1-13-4-2-7-16(8-13)27-18-10-17(20(21,22)23)25-19(26-18)28-12-15-6-3-5-14(9-15)11-24/h2-10H,12H2,1H3. The van der Waals surface area contributed by atoms with Gasteiger partial charge in [-0.25, -0.2) is 4.98 Å². The van der Waals surface area contributed by atoms with Crippen molar-refractivity contribution in [2.75, 3.05) is 0 Å². The van der Waals surface area contributed by atoms with Crippen LogP contribution >= 0.6 is 11.8 Å². The van der Waals surface area contributed by atoms with E-state index < -0.39 is 11.9 Å². The molecule has 0 aliphatic carbocycles. The zero-order valence-corrected chi connectivity index (χ0v) is 15.5. The first kappa shape index (κ1) is 19.7. The van der Waals surface area contributed by atoms with Crippen molar-refractivity contribution in [3.05, 3.63) is 77.0 Å². The summed E-state index contributed by atoms with van der Waals surface area (Å²) >= 11 is 1.04. The van der Waals surface area contributed by atoms with Crippen LogP contribution in [-0.2, 0) is 11.9 Å². The number of nitriles is 1. The first-order chi connectivity index (χ1) is 13.3.